The van der Waals surface area contributed by atoms with E-state index in [0.717, 1.165) is 12.0 Å². The Morgan fingerprint density at radius 2 is 1.60 bits per heavy atom. The summed E-state index contributed by atoms with van der Waals surface area (Å²) in [6.45, 7) is 1.73. The molecule has 40 heavy (non-hydrogen) atoms. The molecule has 1 N–H and O–H groups in total. The third-order valence-electron chi connectivity index (χ3n) is 7.21. The van der Waals surface area contributed by atoms with E-state index in [2.05, 4.69) is 0 Å². The van der Waals surface area contributed by atoms with Crippen molar-refractivity contribution < 1.29 is 32.5 Å². The van der Waals surface area contributed by atoms with Crippen LogP contribution in [0.1, 0.15) is 29.2 Å². The number of carboxylic acids is 1. The lowest BCUT2D eigenvalue weighted by Crippen LogP contribution is -2.49. The molecule has 1 aliphatic heterocycles. The van der Waals surface area contributed by atoms with Gasteiger partial charge in [-0.1, -0.05) is 48.0 Å². The zero-order chi connectivity index (χ0) is 28.9. The first kappa shape index (κ1) is 29.8. The number of methoxy groups -OCH3 is 3. The van der Waals surface area contributed by atoms with Crippen LogP contribution in [-0.4, -0.2) is 62.7 Å². The van der Waals surface area contributed by atoms with Crippen molar-refractivity contribution in [2.75, 3.05) is 33.6 Å². The number of aliphatic carboxylic acids is 1. The second-order valence-corrected chi connectivity index (χ2v) is 12.9. The molecule has 0 bridgehead atoms. The van der Waals surface area contributed by atoms with Crippen molar-refractivity contribution in [1.29, 1.82) is 0 Å². The summed E-state index contributed by atoms with van der Waals surface area (Å²) in [6, 6.07) is 19.5. The SMILES string of the molecule is COc1cc([C@@H]2C[C@@H](SCCc3ccccc3)[C@H](C(=O)O)CN2S(=O)(=O)c2ccc(C)cc2)cc(OC)c1OC. The minimum absolute atomic E-state index is 0.120. The highest BCUT2D eigenvalue weighted by molar-refractivity contribution is 7.99. The molecule has 1 aliphatic rings. The molecule has 214 valence electrons. The van der Waals surface area contributed by atoms with Crippen molar-refractivity contribution in [3.05, 3.63) is 83.4 Å². The predicted octanol–water partition coefficient (Wildman–Crippen LogP) is 5.20. The molecule has 0 saturated carbocycles. The highest BCUT2D eigenvalue weighted by Crippen LogP contribution is 2.46. The van der Waals surface area contributed by atoms with Crippen LogP contribution >= 0.6 is 11.8 Å². The largest absolute Gasteiger partial charge is 0.493 e. The number of benzene rings is 3. The van der Waals surface area contributed by atoms with Gasteiger partial charge in [-0.15, -0.1) is 0 Å². The van der Waals surface area contributed by atoms with Crippen LogP contribution in [0.25, 0.3) is 0 Å². The van der Waals surface area contributed by atoms with Crippen molar-refractivity contribution in [2.45, 2.75) is 36.0 Å². The van der Waals surface area contributed by atoms with Crippen molar-refractivity contribution in [3.63, 3.8) is 0 Å². The molecule has 0 aromatic heterocycles. The third-order valence-corrected chi connectivity index (χ3v) is 10.5. The number of thioether (sulfide) groups is 1. The second kappa shape index (κ2) is 13.0. The molecule has 10 heteroatoms. The lowest BCUT2D eigenvalue weighted by Gasteiger charge is -2.42. The van der Waals surface area contributed by atoms with Crippen LogP contribution in [0.5, 0.6) is 17.2 Å². The van der Waals surface area contributed by atoms with E-state index in [1.807, 2.05) is 37.3 Å². The Bertz CT molecular complexity index is 1390. The number of aryl methyl sites for hydroxylation is 2. The predicted molar refractivity (Wildman–Crippen MR) is 156 cm³/mol. The lowest BCUT2D eigenvalue weighted by molar-refractivity contribution is -0.143. The van der Waals surface area contributed by atoms with E-state index in [4.69, 9.17) is 14.2 Å². The van der Waals surface area contributed by atoms with Gasteiger partial charge in [-0.25, -0.2) is 8.42 Å². The van der Waals surface area contributed by atoms with Crippen molar-refractivity contribution >= 4 is 27.8 Å². The Morgan fingerprint density at radius 3 is 2.15 bits per heavy atom. The lowest BCUT2D eigenvalue weighted by atomic mass is 9.90. The Hall–Kier alpha value is -3.21. The molecule has 3 atom stereocenters. The molecule has 8 nitrogen and oxygen atoms in total. The number of carbonyl (C=O) groups is 1. The summed E-state index contributed by atoms with van der Waals surface area (Å²) in [5, 5.41) is 9.90. The van der Waals surface area contributed by atoms with Crippen LogP contribution in [0.2, 0.25) is 0 Å². The summed E-state index contributed by atoms with van der Waals surface area (Å²) in [6.07, 6.45) is 1.09. The van der Waals surface area contributed by atoms with Gasteiger partial charge >= 0.3 is 5.97 Å². The maximum absolute atomic E-state index is 14.0. The maximum atomic E-state index is 14.0. The second-order valence-electron chi connectivity index (χ2n) is 9.69. The maximum Gasteiger partial charge on any atom is 0.308 e. The molecule has 1 saturated heterocycles. The molecule has 1 fully saturated rings. The molecule has 0 amide bonds. The van der Waals surface area contributed by atoms with Crippen LogP contribution < -0.4 is 14.2 Å². The van der Waals surface area contributed by atoms with Crippen LogP contribution in [-0.2, 0) is 21.2 Å². The van der Waals surface area contributed by atoms with E-state index in [0.29, 0.717) is 35.0 Å². The van der Waals surface area contributed by atoms with Crippen LogP contribution in [0, 0.1) is 12.8 Å². The highest BCUT2D eigenvalue weighted by Gasteiger charge is 2.45. The van der Waals surface area contributed by atoms with Gasteiger partial charge in [0.05, 0.1) is 38.2 Å². The molecule has 0 spiro atoms. The Morgan fingerprint density at radius 1 is 0.975 bits per heavy atom. The van der Waals surface area contributed by atoms with E-state index < -0.39 is 28.0 Å². The third kappa shape index (κ3) is 6.40. The van der Waals surface area contributed by atoms with E-state index >= 15 is 0 Å². The van der Waals surface area contributed by atoms with Crippen molar-refractivity contribution in [3.8, 4) is 17.2 Å². The van der Waals surface area contributed by atoms with Crippen LogP contribution in [0.15, 0.2) is 71.6 Å². The summed E-state index contributed by atoms with van der Waals surface area (Å²) in [7, 11) is 0.480. The van der Waals surface area contributed by atoms with E-state index in [9.17, 15) is 18.3 Å². The van der Waals surface area contributed by atoms with E-state index in [-0.39, 0.29) is 16.7 Å². The first-order valence-corrected chi connectivity index (χ1v) is 15.4. The van der Waals surface area contributed by atoms with Crippen molar-refractivity contribution in [2.24, 2.45) is 5.92 Å². The van der Waals surface area contributed by atoms with Gasteiger partial charge in [-0.05, 0) is 60.9 Å². The molecule has 0 unspecified atom stereocenters. The number of rotatable bonds is 11. The number of ether oxygens (including phenoxy) is 3. The molecule has 3 aromatic rings. The Balaban J connectivity index is 1.75. The number of nitrogens with zero attached hydrogens (tertiary/aromatic N) is 1. The fraction of sp³-hybridized carbons (Fsp3) is 0.367. The fourth-order valence-electron chi connectivity index (χ4n) is 5.04. The molecule has 0 aliphatic carbocycles. The zero-order valence-electron chi connectivity index (χ0n) is 23.1. The van der Waals surface area contributed by atoms with Gasteiger partial charge < -0.3 is 19.3 Å². The monoisotopic (exact) mass is 585 g/mol. The summed E-state index contributed by atoms with van der Waals surface area (Å²) in [4.78, 5) is 12.6. The molecule has 4 rings (SSSR count). The minimum Gasteiger partial charge on any atom is -0.493 e. The molecule has 0 radical (unpaired) electrons. The van der Waals surface area contributed by atoms with Crippen LogP contribution in [0.3, 0.4) is 0 Å². The number of carboxylic acid groups (broad SMARTS) is 1. The molecule has 3 aromatic carbocycles. The Labute approximate surface area is 240 Å². The summed E-state index contributed by atoms with van der Waals surface area (Å²) >= 11 is 1.58. The van der Waals surface area contributed by atoms with Crippen molar-refractivity contribution in [1.82, 2.24) is 4.31 Å². The number of hydrogen-bond donors (Lipinski definition) is 1. The fourth-order valence-corrected chi connectivity index (χ4v) is 8.10. The topological polar surface area (TPSA) is 102 Å². The Kier molecular flexibility index (Phi) is 9.65. The van der Waals surface area contributed by atoms with Gasteiger partial charge in [0.15, 0.2) is 11.5 Å². The van der Waals surface area contributed by atoms with Gasteiger partial charge in [-0.3, -0.25) is 4.79 Å². The van der Waals surface area contributed by atoms with E-state index in [1.165, 1.54) is 31.2 Å². The quantitative estimate of drug-likeness (QED) is 0.328. The average Bonchev–Trinajstić information content (AvgIpc) is 2.96. The first-order valence-electron chi connectivity index (χ1n) is 13.0. The van der Waals surface area contributed by atoms with E-state index in [1.54, 1.807) is 48.2 Å². The average molecular weight is 586 g/mol. The summed E-state index contributed by atoms with van der Waals surface area (Å²) < 4.78 is 46.0. The normalized spacial score (nSPS) is 19.6. The number of sulfonamides is 1. The molecular weight excluding hydrogens is 550 g/mol. The van der Waals surface area contributed by atoms with Gasteiger partial charge in [0, 0.05) is 11.8 Å². The number of piperidine rings is 1. The zero-order valence-corrected chi connectivity index (χ0v) is 24.7. The smallest absolute Gasteiger partial charge is 0.308 e. The number of hydrogen-bond acceptors (Lipinski definition) is 7. The van der Waals surface area contributed by atoms with Gasteiger partial charge in [-0.2, -0.15) is 16.1 Å². The van der Waals surface area contributed by atoms with Gasteiger partial charge in [0.1, 0.15) is 0 Å². The van der Waals surface area contributed by atoms with Gasteiger partial charge in [0.25, 0.3) is 0 Å². The van der Waals surface area contributed by atoms with Gasteiger partial charge in [0.2, 0.25) is 15.8 Å². The summed E-state index contributed by atoms with van der Waals surface area (Å²) in [5.74, 6) is 0.0282. The van der Waals surface area contributed by atoms with Crippen LogP contribution in [0.4, 0.5) is 0 Å². The minimum atomic E-state index is -4.04. The molecular formula is C30H35NO7S2. The summed E-state index contributed by atoms with van der Waals surface area (Å²) in [5.41, 5.74) is 2.74. The molecule has 1 heterocycles. The highest BCUT2D eigenvalue weighted by atomic mass is 32.2. The first-order chi connectivity index (χ1) is 19.2. The standard InChI is InChI=1S/C30H35NO7S2/c1-20-10-12-23(13-11-20)40(34,35)31-19-24(30(32)33)28(39-15-14-21-8-6-5-7-9-21)18-25(31)22-16-26(36-2)29(38-4)27(17-22)37-3/h5-13,16-17,24-25,28H,14-15,18-19H2,1-4H3,(H,32,33)/t24-,25+,28-/m1/s1.